The molecular formula is C14H17ClFNO. The van der Waals surface area contributed by atoms with Gasteiger partial charge in [-0.3, -0.25) is 0 Å². The summed E-state index contributed by atoms with van der Waals surface area (Å²) in [6.07, 6.45) is 3.57. The fourth-order valence-corrected chi connectivity index (χ4v) is 2.79. The summed E-state index contributed by atoms with van der Waals surface area (Å²) in [5, 5.41) is 3.96. The maximum absolute atomic E-state index is 13.4. The molecule has 0 aromatic heterocycles. The summed E-state index contributed by atoms with van der Waals surface area (Å²) >= 11 is 5.90. The summed E-state index contributed by atoms with van der Waals surface area (Å²) in [7, 11) is 0. The van der Waals surface area contributed by atoms with Crippen molar-refractivity contribution in [2.24, 2.45) is 5.92 Å². The summed E-state index contributed by atoms with van der Waals surface area (Å²) < 4.78 is 19.1. The van der Waals surface area contributed by atoms with E-state index in [4.69, 9.17) is 16.3 Å². The van der Waals surface area contributed by atoms with Crippen molar-refractivity contribution in [1.82, 2.24) is 5.32 Å². The van der Waals surface area contributed by atoms with Gasteiger partial charge in [0.25, 0.3) is 0 Å². The van der Waals surface area contributed by atoms with Crippen LogP contribution in [0.3, 0.4) is 0 Å². The van der Waals surface area contributed by atoms with Crippen LogP contribution in [0.2, 0.25) is 5.02 Å². The van der Waals surface area contributed by atoms with E-state index in [0.717, 1.165) is 25.1 Å². The molecule has 98 valence electrons. The third-order valence-corrected chi connectivity index (χ3v) is 3.89. The summed E-state index contributed by atoms with van der Waals surface area (Å²) in [5.74, 6) is 0.130. The van der Waals surface area contributed by atoms with Gasteiger partial charge in [-0.05, 0) is 43.0 Å². The van der Waals surface area contributed by atoms with Gasteiger partial charge in [0, 0.05) is 30.1 Å². The van der Waals surface area contributed by atoms with Crippen molar-refractivity contribution >= 4 is 11.6 Å². The predicted molar refractivity (Wildman–Crippen MR) is 69.2 cm³/mol. The fraction of sp³-hybridized carbons (Fsp3) is 0.571. The third kappa shape index (κ3) is 2.85. The Morgan fingerprint density at radius 3 is 2.83 bits per heavy atom. The van der Waals surface area contributed by atoms with Gasteiger partial charge in [0.1, 0.15) is 5.82 Å². The highest BCUT2D eigenvalue weighted by atomic mass is 35.5. The molecule has 3 rings (SSSR count). The lowest BCUT2D eigenvalue weighted by molar-refractivity contribution is 0.0902. The van der Waals surface area contributed by atoms with Crippen molar-refractivity contribution in [2.75, 3.05) is 13.2 Å². The van der Waals surface area contributed by atoms with E-state index in [9.17, 15) is 4.39 Å². The maximum atomic E-state index is 13.4. The molecule has 1 aliphatic heterocycles. The lowest BCUT2D eigenvalue weighted by Crippen LogP contribution is -2.26. The van der Waals surface area contributed by atoms with Crippen molar-refractivity contribution in [3.8, 4) is 0 Å². The van der Waals surface area contributed by atoms with E-state index in [1.54, 1.807) is 0 Å². The van der Waals surface area contributed by atoms with Crippen molar-refractivity contribution < 1.29 is 9.13 Å². The van der Waals surface area contributed by atoms with Gasteiger partial charge in [0.05, 0.1) is 6.10 Å². The molecule has 18 heavy (non-hydrogen) atoms. The number of hydrogen-bond donors (Lipinski definition) is 1. The van der Waals surface area contributed by atoms with Gasteiger partial charge in [-0.25, -0.2) is 4.39 Å². The molecule has 0 amide bonds. The van der Waals surface area contributed by atoms with Crippen molar-refractivity contribution in [3.05, 3.63) is 34.6 Å². The molecule has 2 nitrogen and oxygen atoms in total. The van der Waals surface area contributed by atoms with Crippen molar-refractivity contribution in [3.63, 3.8) is 0 Å². The number of rotatable bonds is 4. The average molecular weight is 270 g/mol. The number of hydrogen-bond acceptors (Lipinski definition) is 2. The van der Waals surface area contributed by atoms with Crippen molar-refractivity contribution in [2.45, 2.75) is 31.4 Å². The van der Waals surface area contributed by atoms with E-state index in [-0.39, 0.29) is 11.9 Å². The summed E-state index contributed by atoms with van der Waals surface area (Å²) in [6, 6.07) is 5.37. The van der Waals surface area contributed by atoms with Gasteiger partial charge in [0.2, 0.25) is 0 Å². The zero-order valence-corrected chi connectivity index (χ0v) is 10.9. The zero-order chi connectivity index (χ0) is 12.5. The topological polar surface area (TPSA) is 21.3 Å². The van der Waals surface area contributed by atoms with E-state index < -0.39 is 0 Å². The van der Waals surface area contributed by atoms with Gasteiger partial charge < -0.3 is 10.1 Å². The van der Waals surface area contributed by atoms with Crippen LogP contribution in [-0.4, -0.2) is 19.2 Å². The number of ether oxygens (including phenoxy) is 1. The second-order valence-corrected chi connectivity index (χ2v) is 5.66. The molecular weight excluding hydrogens is 253 g/mol. The Labute approximate surface area is 111 Å². The Kier molecular flexibility index (Phi) is 3.55. The van der Waals surface area contributed by atoms with Gasteiger partial charge in [0.15, 0.2) is 0 Å². The Morgan fingerprint density at radius 1 is 1.28 bits per heavy atom. The predicted octanol–water partition coefficient (Wildman–Crippen LogP) is 3.31. The van der Waals surface area contributed by atoms with E-state index in [1.165, 1.54) is 25.0 Å². The standard InChI is InChI=1S/C14H17ClFNO/c15-11-5-10(6-12(16)7-11)14-9(3-4-18-14)8-17-13-1-2-13/h5-7,9,13-14,17H,1-4,8H2. The highest BCUT2D eigenvalue weighted by molar-refractivity contribution is 6.30. The Hall–Kier alpha value is -0.640. The second kappa shape index (κ2) is 5.16. The molecule has 1 aliphatic carbocycles. The van der Waals surface area contributed by atoms with E-state index >= 15 is 0 Å². The van der Waals surface area contributed by atoms with Crippen LogP contribution in [-0.2, 0) is 4.74 Å². The van der Waals surface area contributed by atoms with Crippen LogP contribution in [0, 0.1) is 11.7 Å². The number of halogens is 2. The van der Waals surface area contributed by atoms with Crippen LogP contribution >= 0.6 is 11.6 Å². The number of nitrogens with one attached hydrogen (secondary N) is 1. The minimum Gasteiger partial charge on any atom is -0.373 e. The third-order valence-electron chi connectivity index (χ3n) is 3.67. The molecule has 1 aromatic carbocycles. The van der Waals surface area contributed by atoms with Crippen LogP contribution < -0.4 is 5.32 Å². The van der Waals surface area contributed by atoms with Gasteiger partial charge >= 0.3 is 0 Å². The minimum atomic E-state index is -0.290. The molecule has 1 saturated heterocycles. The first-order chi connectivity index (χ1) is 8.72. The first-order valence-electron chi connectivity index (χ1n) is 6.53. The highest BCUT2D eigenvalue weighted by Gasteiger charge is 2.31. The molecule has 2 aliphatic rings. The zero-order valence-electron chi connectivity index (χ0n) is 10.2. The van der Waals surface area contributed by atoms with Gasteiger partial charge in [-0.1, -0.05) is 11.6 Å². The summed E-state index contributed by atoms with van der Waals surface area (Å²) in [4.78, 5) is 0. The molecule has 2 atom stereocenters. The van der Waals surface area contributed by atoms with Gasteiger partial charge in [-0.2, -0.15) is 0 Å². The molecule has 2 unspecified atom stereocenters. The number of benzene rings is 1. The smallest absolute Gasteiger partial charge is 0.125 e. The molecule has 1 N–H and O–H groups in total. The second-order valence-electron chi connectivity index (χ2n) is 5.23. The van der Waals surface area contributed by atoms with Crippen LogP contribution in [0.15, 0.2) is 18.2 Å². The first kappa shape index (κ1) is 12.4. The normalized spacial score (nSPS) is 27.7. The van der Waals surface area contributed by atoms with Crippen molar-refractivity contribution in [1.29, 1.82) is 0 Å². The summed E-state index contributed by atoms with van der Waals surface area (Å²) in [6.45, 7) is 1.69. The molecule has 1 aromatic rings. The van der Waals surface area contributed by atoms with Crippen LogP contribution in [0.5, 0.6) is 0 Å². The van der Waals surface area contributed by atoms with Crippen LogP contribution in [0.25, 0.3) is 0 Å². The molecule has 0 radical (unpaired) electrons. The largest absolute Gasteiger partial charge is 0.373 e. The van der Waals surface area contributed by atoms with Gasteiger partial charge in [-0.15, -0.1) is 0 Å². The summed E-state index contributed by atoms with van der Waals surface area (Å²) in [5.41, 5.74) is 0.861. The van der Waals surface area contributed by atoms with Crippen LogP contribution in [0.1, 0.15) is 30.9 Å². The fourth-order valence-electron chi connectivity index (χ4n) is 2.56. The lowest BCUT2D eigenvalue weighted by atomic mass is 9.95. The average Bonchev–Trinajstić information content (AvgIpc) is 3.02. The minimum absolute atomic E-state index is 0.0237. The maximum Gasteiger partial charge on any atom is 0.125 e. The Balaban J connectivity index is 1.71. The monoisotopic (exact) mass is 269 g/mol. The van der Waals surface area contributed by atoms with E-state index in [2.05, 4.69) is 5.32 Å². The molecule has 0 bridgehead atoms. The first-order valence-corrected chi connectivity index (χ1v) is 6.91. The molecule has 0 spiro atoms. The lowest BCUT2D eigenvalue weighted by Gasteiger charge is -2.19. The van der Waals surface area contributed by atoms with E-state index in [0.29, 0.717) is 17.0 Å². The SMILES string of the molecule is Fc1cc(Cl)cc(C2OCCC2CNC2CC2)c1. The quantitative estimate of drug-likeness (QED) is 0.906. The van der Waals surface area contributed by atoms with Crippen LogP contribution in [0.4, 0.5) is 4.39 Å². The molecule has 1 saturated carbocycles. The Bertz CT molecular complexity index is 416. The highest BCUT2D eigenvalue weighted by Crippen LogP contribution is 2.36. The molecule has 2 fully saturated rings. The molecule has 1 heterocycles. The van der Waals surface area contributed by atoms with E-state index in [1.807, 2.05) is 6.07 Å². The Morgan fingerprint density at radius 2 is 2.11 bits per heavy atom. The molecule has 4 heteroatoms.